The number of nitrogens with one attached hydrogen (secondary N) is 1. The molecule has 0 bridgehead atoms. The second-order valence-electron chi connectivity index (χ2n) is 14.7. The Morgan fingerprint density at radius 2 is 1.63 bits per heavy atom. The number of nitrogens with zero attached hydrogens (tertiary/aromatic N) is 6. The highest BCUT2D eigenvalue weighted by molar-refractivity contribution is 6.01. The first-order valence-electron chi connectivity index (χ1n) is 18.9. The van der Waals surface area contributed by atoms with E-state index in [1.807, 2.05) is 29.2 Å². The smallest absolute Gasteiger partial charge is 0.419 e. The Hall–Kier alpha value is -4.87. The summed E-state index contributed by atoms with van der Waals surface area (Å²) in [5, 5.41) is 21.3. The third kappa shape index (κ3) is 8.42. The number of halogens is 3. The van der Waals surface area contributed by atoms with E-state index in [9.17, 15) is 27.9 Å². The van der Waals surface area contributed by atoms with Gasteiger partial charge in [-0.25, -0.2) is 4.98 Å². The van der Waals surface area contributed by atoms with Gasteiger partial charge in [0.15, 0.2) is 5.69 Å². The molecule has 0 radical (unpaired) electrons. The maximum absolute atomic E-state index is 13.4. The molecule has 286 valence electrons. The van der Waals surface area contributed by atoms with Crippen LogP contribution in [0.5, 0.6) is 5.75 Å². The highest BCUT2D eigenvalue weighted by atomic mass is 19.4. The van der Waals surface area contributed by atoms with Crippen molar-refractivity contribution in [2.24, 2.45) is 0 Å². The van der Waals surface area contributed by atoms with Crippen molar-refractivity contribution >= 4 is 23.2 Å². The molecule has 0 spiro atoms. The van der Waals surface area contributed by atoms with E-state index >= 15 is 0 Å². The fourth-order valence-electron chi connectivity index (χ4n) is 8.13. The molecular formula is C40H46F3N7O4. The number of piperazine rings is 1. The van der Waals surface area contributed by atoms with Crippen LogP contribution >= 0.6 is 0 Å². The molecule has 14 heteroatoms. The number of pyridine rings is 1. The number of aliphatic hydroxyl groups is 1. The number of aliphatic hydroxyl groups excluding tert-OH is 1. The number of fused-ring (bicyclic) bond motifs is 1. The average Bonchev–Trinajstić information content (AvgIpc) is 3.51. The minimum Gasteiger partial charge on any atom is -0.494 e. The van der Waals surface area contributed by atoms with Gasteiger partial charge >= 0.3 is 6.18 Å². The summed E-state index contributed by atoms with van der Waals surface area (Å²) < 4.78 is 46.2. The summed E-state index contributed by atoms with van der Waals surface area (Å²) in [7, 11) is 0. The fourth-order valence-corrected chi connectivity index (χ4v) is 8.13. The summed E-state index contributed by atoms with van der Waals surface area (Å²) in [6.45, 7) is 7.09. The van der Waals surface area contributed by atoms with E-state index in [4.69, 9.17) is 10.00 Å². The topological polar surface area (TPSA) is 125 Å². The number of carbonyl (C=O) groups excluding carboxylic acids is 2. The highest BCUT2D eigenvalue weighted by Gasteiger charge is 2.39. The van der Waals surface area contributed by atoms with Crippen LogP contribution in [0.25, 0.3) is 0 Å². The highest BCUT2D eigenvalue weighted by Crippen LogP contribution is 2.36. The lowest BCUT2D eigenvalue weighted by atomic mass is 9.89. The van der Waals surface area contributed by atoms with Crippen LogP contribution in [0.15, 0.2) is 54.7 Å². The molecule has 0 saturated carbocycles. The van der Waals surface area contributed by atoms with Crippen molar-refractivity contribution in [3.05, 3.63) is 82.7 Å². The van der Waals surface area contributed by atoms with E-state index < -0.39 is 29.7 Å². The van der Waals surface area contributed by atoms with Gasteiger partial charge in [-0.2, -0.15) is 18.4 Å². The molecule has 4 aliphatic heterocycles. The summed E-state index contributed by atoms with van der Waals surface area (Å²) in [5.74, 6) is 0.726. The van der Waals surface area contributed by atoms with E-state index in [1.54, 1.807) is 4.90 Å². The fraction of sp³-hybridized carbons (Fsp3) is 0.500. The number of alkyl halides is 3. The van der Waals surface area contributed by atoms with Gasteiger partial charge in [-0.3, -0.25) is 14.5 Å². The van der Waals surface area contributed by atoms with Crippen molar-refractivity contribution in [1.82, 2.24) is 20.1 Å². The number of amides is 2. The second kappa shape index (κ2) is 16.2. The Kier molecular flexibility index (Phi) is 11.3. The van der Waals surface area contributed by atoms with Crippen LogP contribution in [0, 0.1) is 11.3 Å². The lowest BCUT2D eigenvalue weighted by Crippen LogP contribution is -2.54. The number of anilines is 2. The van der Waals surface area contributed by atoms with Gasteiger partial charge in [-0.15, -0.1) is 0 Å². The number of hydrogen-bond donors (Lipinski definition) is 2. The van der Waals surface area contributed by atoms with Crippen LogP contribution < -0.4 is 19.9 Å². The molecule has 7 rings (SSSR count). The van der Waals surface area contributed by atoms with E-state index in [0.717, 1.165) is 87.9 Å². The van der Waals surface area contributed by atoms with Gasteiger partial charge in [0, 0.05) is 57.1 Å². The van der Waals surface area contributed by atoms with Gasteiger partial charge in [0.1, 0.15) is 24.1 Å². The van der Waals surface area contributed by atoms with Gasteiger partial charge in [0.05, 0.1) is 24.1 Å². The molecule has 3 aromatic rings. The third-order valence-corrected chi connectivity index (χ3v) is 11.2. The van der Waals surface area contributed by atoms with Crippen molar-refractivity contribution in [2.75, 3.05) is 62.2 Å². The Labute approximate surface area is 313 Å². The van der Waals surface area contributed by atoms with Crippen LogP contribution in [-0.4, -0.2) is 96.4 Å². The molecule has 3 fully saturated rings. The van der Waals surface area contributed by atoms with Crippen molar-refractivity contribution in [1.29, 1.82) is 5.26 Å². The number of aromatic nitrogens is 1. The van der Waals surface area contributed by atoms with Crippen LogP contribution in [0.1, 0.15) is 83.6 Å². The number of piperidine rings is 2. The zero-order valence-electron chi connectivity index (χ0n) is 30.2. The molecule has 2 amide bonds. The number of hydrogen-bond acceptors (Lipinski definition) is 9. The number of benzene rings is 2. The molecular weight excluding hydrogens is 699 g/mol. The van der Waals surface area contributed by atoms with Crippen LogP contribution in [0.2, 0.25) is 0 Å². The van der Waals surface area contributed by atoms with Gasteiger partial charge in [-0.05, 0) is 105 Å². The van der Waals surface area contributed by atoms with Crippen molar-refractivity contribution in [3.63, 3.8) is 0 Å². The lowest BCUT2D eigenvalue weighted by Gasteiger charge is -2.36. The van der Waals surface area contributed by atoms with Crippen LogP contribution in [0.4, 0.5) is 24.5 Å². The molecule has 3 saturated heterocycles. The number of nitriles is 1. The molecule has 4 aliphatic rings. The number of rotatable bonds is 11. The minimum atomic E-state index is -4.62. The molecule has 2 unspecified atom stereocenters. The van der Waals surface area contributed by atoms with Crippen molar-refractivity contribution in [3.8, 4) is 11.8 Å². The molecule has 54 heavy (non-hydrogen) atoms. The molecule has 11 nitrogen and oxygen atoms in total. The Balaban J connectivity index is 0.780. The molecule has 2 N–H and O–H groups in total. The minimum absolute atomic E-state index is 0.121. The van der Waals surface area contributed by atoms with Crippen LogP contribution in [0.3, 0.4) is 0 Å². The number of ether oxygens (including phenoxy) is 1. The first kappa shape index (κ1) is 37.4. The third-order valence-electron chi connectivity index (χ3n) is 11.2. The molecule has 1 aromatic heterocycles. The predicted octanol–water partition coefficient (Wildman–Crippen LogP) is 5.28. The largest absolute Gasteiger partial charge is 0.494 e. The molecule has 2 aromatic carbocycles. The van der Waals surface area contributed by atoms with E-state index in [-0.39, 0.29) is 11.8 Å². The Bertz CT molecular complexity index is 1850. The number of carbonyl (C=O) groups is 2. The summed E-state index contributed by atoms with van der Waals surface area (Å²) in [6, 6.07) is 16.2. The maximum Gasteiger partial charge on any atom is 0.419 e. The van der Waals surface area contributed by atoms with E-state index in [2.05, 4.69) is 38.3 Å². The zero-order valence-corrected chi connectivity index (χ0v) is 30.2. The van der Waals surface area contributed by atoms with Crippen molar-refractivity contribution in [2.45, 2.75) is 75.9 Å². The maximum atomic E-state index is 13.4. The first-order valence-corrected chi connectivity index (χ1v) is 18.9. The SMILES string of the molecule is N#Cc1ncc(N2CCC(c3ccc(OCCCCCN4CCN(c5ccc6c(c5)CN(C5CCC(O)NC5=O)C6=O)CC4)cc3)CC2)cc1C(F)(F)F. The summed E-state index contributed by atoms with van der Waals surface area (Å²) in [5.41, 5.74) is 2.70. The first-order chi connectivity index (χ1) is 26.1. The zero-order chi connectivity index (χ0) is 37.8. The summed E-state index contributed by atoms with van der Waals surface area (Å²) >= 11 is 0. The second-order valence-corrected chi connectivity index (χ2v) is 14.7. The Morgan fingerprint density at radius 1 is 0.889 bits per heavy atom. The van der Waals surface area contributed by atoms with E-state index in [0.29, 0.717) is 56.3 Å². The quantitative estimate of drug-likeness (QED) is 0.253. The van der Waals surface area contributed by atoms with Gasteiger partial charge in [-0.1, -0.05) is 12.1 Å². The average molecular weight is 746 g/mol. The number of unbranched alkanes of at least 4 members (excludes halogenated alkanes) is 2. The van der Waals surface area contributed by atoms with Crippen molar-refractivity contribution < 1.29 is 32.6 Å². The predicted molar refractivity (Wildman–Crippen MR) is 196 cm³/mol. The normalized spacial score (nSPS) is 21.2. The Morgan fingerprint density at radius 3 is 2.33 bits per heavy atom. The van der Waals surface area contributed by atoms with Gasteiger partial charge in [0.2, 0.25) is 5.91 Å². The van der Waals surface area contributed by atoms with Gasteiger partial charge < -0.3 is 29.9 Å². The standard InChI is InChI=1S/C40H46F3N7O4/c41-40(42,43)34-23-31(25-45-35(34)24-44)48-15-12-28(13-16-48)27-4-7-32(8-5-27)54-21-3-1-2-14-47-17-19-49(20-18-47)30-6-9-33-29(22-30)26-50(39(33)53)36-10-11-37(51)46-38(36)52/h4-9,22-23,25,28,36-37,51H,1-3,10-21,26H2,(H,46,52). The van der Waals surface area contributed by atoms with Crippen LogP contribution in [-0.2, 0) is 17.5 Å². The molecule has 5 heterocycles. The van der Waals surface area contributed by atoms with E-state index in [1.165, 1.54) is 17.8 Å². The lowest BCUT2D eigenvalue weighted by molar-refractivity contribution is -0.138. The summed E-state index contributed by atoms with van der Waals surface area (Å²) in [4.78, 5) is 37.7. The summed E-state index contributed by atoms with van der Waals surface area (Å²) in [6.07, 6.45) is 1.53. The molecule has 2 atom stereocenters. The monoisotopic (exact) mass is 745 g/mol. The molecule has 0 aliphatic carbocycles. The van der Waals surface area contributed by atoms with Gasteiger partial charge in [0.25, 0.3) is 5.91 Å².